The summed E-state index contributed by atoms with van der Waals surface area (Å²) in [6, 6.07) is 4.54. The van der Waals surface area contributed by atoms with Crippen LogP contribution in [0.15, 0.2) is 18.2 Å². The fourth-order valence-corrected chi connectivity index (χ4v) is 3.15. The van der Waals surface area contributed by atoms with Gasteiger partial charge in [0.25, 0.3) is 0 Å². The topological polar surface area (TPSA) is 32.3 Å². The molecule has 2 atom stereocenters. The SMILES string of the molecule is CC(NC1CCSC1)c1cc(F)ccc1O. The molecule has 0 saturated carbocycles. The van der Waals surface area contributed by atoms with E-state index in [9.17, 15) is 9.50 Å². The van der Waals surface area contributed by atoms with Gasteiger partial charge in [0.2, 0.25) is 0 Å². The second-order valence-corrected chi connectivity index (χ2v) is 5.30. The maximum atomic E-state index is 13.1. The predicted octanol–water partition coefficient (Wildman–Crippen LogP) is 2.69. The fraction of sp³-hybridized carbons (Fsp3) is 0.500. The van der Waals surface area contributed by atoms with Gasteiger partial charge in [-0.1, -0.05) is 0 Å². The molecule has 1 aromatic carbocycles. The number of nitrogens with one attached hydrogen (secondary N) is 1. The highest BCUT2D eigenvalue weighted by atomic mass is 32.2. The Labute approximate surface area is 99.2 Å². The number of phenolic OH excluding ortho intramolecular Hbond substituents is 1. The molecular formula is C12H16FNOS. The van der Waals surface area contributed by atoms with E-state index in [1.54, 1.807) is 0 Å². The Balaban J connectivity index is 2.07. The van der Waals surface area contributed by atoms with E-state index in [4.69, 9.17) is 0 Å². The Morgan fingerprint density at radius 1 is 1.56 bits per heavy atom. The molecule has 0 aliphatic carbocycles. The Kier molecular flexibility index (Phi) is 3.71. The Bertz CT molecular complexity index is 366. The largest absolute Gasteiger partial charge is 0.508 e. The fourth-order valence-electron chi connectivity index (χ4n) is 1.98. The van der Waals surface area contributed by atoms with Crippen LogP contribution in [0, 0.1) is 5.82 Å². The van der Waals surface area contributed by atoms with E-state index in [0.29, 0.717) is 11.6 Å². The van der Waals surface area contributed by atoms with Crippen LogP contribution in [0.1, 0.15) is 24.9 Å². The first-order valence-corrected chi connectivity index (χ1v) is 6.64. The molecule has 16 heavy (non-hydrogen) atoms. The molecule has 1 aromatic rings. The third kappa shape index (κ3) is 2.68. The van der Waals surface area contributed by atoms with E-state index < -0.39 is 0 Å². The minimum absolute atomic E-state index is 0.0144. The van der Waals surface area contributed by atoms with Gasteiger partial charge in [-0.3, -0.25) is 0 Å². The van der Waals surface area contributed by atoms with E-state index in [0.717, 1.165) is 12.2 Å². The van der Waals surface area contributed by atoms with Crippen LogP contribution in [-0.2, 0) is 0 Å². The molecule has 0 bridgehead atoms. The number of rotatable bonds is 3. The van der Waals surface area contributed by atoms with Crippen molar-refractivity contribution in [1.29, 1.82) is 0 Å². The molecule has 2 N–H and O–H groups in total. The van der Waals surface area contributed by atoms with Gasteiger partial charge in [0.05, 0.1) is 0 Å². The first kappa shape index (κ1) is 11.7. The van der Waals surface area contributed by atoms with Crippen LogP contribution in [0.25, 0.3) is 0 Å². The molecule has 0 aromatic heterocycles. The molecule has 2 unspecified atom stereocenters. The molecule has 1 heterocycles. The van der Waals surface area contributed by atoms with E-state index >= 15 is 0 Å². The van der Waals surface area contributed by atoms with Crippen LogP contribution in [0.5, 0.6) is 5.75 Å². The van der Waals surface area contributed by atoms with Crippen LogP contribution < -0.4 is 5.32 Å². The van der Waals surface area contributed by atoms with Crippen molar-refractivity contribution in [3.05, 3.63) is 29.6 Å². The minimum atomic E-state index is -0.303. The average molecular weight is 241 g/mol. The summed E-state index contributed by atoms with van der Waals surface area (Å²) in [5, 5.41) is 13.1. The summed E-state index contributed by atoms with van der Waals surface area (Å²) in [7, 11) is 0. The van der Waals surface area contributed by atoms with Crippen LogP contribution in [0.2, 0.25) is 0 Å². The van der Waals surface area contributed by atoms with Crippen molar-refractivity contribution in [2.45, 2.75) is 25.4 Å². The van der Waals surface area contributed by atoms with Gasteiger partial charge in [0.15, 0.2) is 0 Å². The zero-order valence-corrected chi connectivity index (χ0v) is 10.1. The molecule has 1 aliphatic heterocycles. The van der Waals surface area contributed by atoms with Crippen molar-refractivity contribution in [3.8, 4) is 5.75 Å². The van der Waals surface area contributed by atoms with Crippen molar-refractivity contribution >= 4 is 11.8 Å². The Morgan fingerprint density at radius 2 is 2.38 bits per heavy atom. The number of phenols is 1. The van der Waals surface area contributed by atoms with E-state index in [-0.39, 0.29) is 17.6 Å². The highest BCUT2D eigenvalue weighted by molar-refractivity contribution is 7.99. The van der Waals surface area contributed by atoms with Gasteiger partial charge in [-0.15, -0.1) is 0 Å². The third-order valence-corrected chi connectivity index (χ3v) is 4.03. The standard InChI is InChI=1S/C12H16FNOS/c1-8(14-10-4-5-16-7-10)11-6-9(13)2-3-12(11)15/h2-3,6,8,10,14-15H,4-5,7H2,1H3. The molecule has 0 amide bonds. The summed E-state index contributed by atoms with van der Waals surface area (Å²) in [5.41, 5.74) is 0.636. The summed E-state index contributed by atoms with van der Waals surface area (Å²) >= 11 is 1.93. The van der Waals surface area contributed by atoms with Crippen molar-refractivity contribution in [2.75, 3.05) is 11.5 Å². The number of hydrogen-bond donors (Lipinski definition) is 2. The van der Waals surface area contributed by atoms with Gasteiger partial charge in [0, 0.05) is 23.4 Å². The maximum absolute atomic E-state index is 13.1. The molecule has 1 saturated heterocycles. The molecule has 88 valence electrons. The van der Waals surface area contributed by atoms with Gasteiger partial charge in [0.1, 0.15) is 11.6 Å². The van der Waals surface area contributed by atoms with Crippen LogP contribution in [0.3, 0.4) is 0 Å². The highest BCUT2D eigenvalue weighted by Crippen LogP contribution is 2.27. The van der Waals surface area contributed by atoms with Gasteiger partial charge in [-0.05, 0) is 37.3 Å². The highest BCUT2D eigenvalue weighted by Gasteiger charge is 2.19. The second kappa shape index (κ2) is 5.06. The molecule has 1 aliphatic rings. The Morgan fingerprint density at radius 3 is 3.06 bits per heavy atom. The Hall–Kier alpha value is -0.740. The van der Waals surface area contributed by atoms with Gasteiger partial charge in [-0.25, -0.2) is 4.39 Å². The van der Waals surface area contributed by atoms with E-state index in [1.807, 2.05) is 18.7 Å². The lowest BCUT2D eigenvalue weighted by atomic mass is 10.1. The zero-order chi connectivity index (χ0) is 11.5. The smallest absolute Gasteiger partial charge is 0.123 e. The number of aromatic hydroxyl groups is 1. The minimum Gasteiger partial charge on any atom is -0.508 e. The monoisotopic (exact) mass is 241 g/mol. The number of thioether (sulfide) groups is 1. The quantitative estimate of drug-likeness (QED) is 0.853. The number of benzene rings is 1. The van der Waals surface area contributed by atoms with Crippen LogP contribution in [0.4, 0.5) is 4.39 Å². The van der Waals surface area contributed by atoms with Crippen molar-refractivity contribution in [1.82, 2.24) is 5.32 Å². The summed E-state index contributed by atoms with van der Waals surface area (Å²) in [6.45, 7) is 1.96. The van der Waals surface area contributed by atoms with Crippen LogP contribution >= 0.6 is 11.8 Å². The molecular weight excluding hydrogens is 225 g/mol. The van der Waals surface area contributed by atoms with Crippen molar-refractivity contribution < 1.29 is 9.50 Å². The lowest BCUT2D eigenvalue weighted by molar-refractivity contribution is 0.433. The van der Waals surface area contributed by atoms with Gasteiger partial charge < -0.3 is 10.4 Å². The second-order valence-electron chi connectivity index (χ2n) is 4.15. The average Bonchev–Trinajstić information content (AvgIpc) is 2.74. The normalized spacial score (nSPS) is 22.2. The predicted molar refractivity (Wildman–Crippen MR) is 65.3 cm³/mol. The molecule has 1 fully saturated rings. The lowest BCUT2D eigenvalue weighted by Gasteiger charge is -2.19. The van der Waals surface area contributed by atoms with Crippen LogP contribution in [-0.4, -0.2) is 22.7 Å². The summed E-state index contributed by atoms with van der Waals surface area (Å²) < 4.78 is 13.1. The molecule has 2 rings (SSSR count). The maximum Gasteiger partial charge on any atom is 0.123 e. The van der Waals surface area contributed by atoms with Crippen molar-refractivity contribution in [3.63, 3.8) is 0 Å². The summed E-state index contributed by atoms with van der Waals surface area (Å²) in [4.78, 5) is 0. The molecule has 0 radical (unpaired) electrons. The molecule has 0 spiro atoms. The van der Waals surface area contributed by atoms with E-state index in [2.05, 4.69) is 5.32 Å². The number of halogens is 1. The summed E-state index contributed by atoms with van der Waals surface area (Å²) in [6.07, 6.45) is 1.14. The number of hydrogen-bond acceptors (Lipinski definition) is 3. The first-order chi connectivity index (χ1) is 7.66. The van der Waals surface area contributed by atoms with Gasteiger partial charge >= 0.3 is 0 Å². The third-order valence-electron chi connectivity index (χ3n) is 2.87. The van der Waals surface area contributed by atoms with Crippen molar-refractivity contribution in [2.24, 2.45) is 0 Å². The first-order valence-electron chi connectivity index (χ1n) is 5.49. The molecule has 2 nitrogen and oxygen atoms in total. The lowest BCUT2D eigenvalue weighted by Crippen LogP contribution is -2.31. The summed E-state index contributed by atoms with van der Waals surface area (Å²) in [5.74, 6) is 2.13. The zero-order valence-electron chi connectivity index (χ0n) is 9.24. The molecule has 4 heteroatoms. The van der Waals surface area contributed by atoms with Gasteiger partial charge in [-0.2, -0.15) is 11.8 Å². The van der Waals surface area contributed by atoms with E-state index in [1.165, 1.54) is 24.0 Å².